The van der Waals surface area contributed by atoms with Gasteiger partial charge >= 0.3 is 0 Å². The highest BCUT2D eigenvalue weighted by atomic mass is 32.2. The zero-order chi connectivity index (χ0) is 14.0. The maximum absolute atomic E-state index is 12.7. The molecule has 0 radical (unpaired) electrons. The lowest BCUT2D eigenvalue weighted by Crippen LogP contribution is -2.38. The highest BCUT2D eigenvalue weighted by Gasteiger charge is 2.65. The predicted molar refractivity (Wildman–Crippen MR) is 75.8 cm³/mol. The third kappa shape index (κ3) is 1.70. The fourth-order valence-electron chi connectivity index (χ4n) is 4.05. The van der Waals surface area contributed by atoms with Crippen LogP contribution in [0.2, 0.25) is 0 Å². The van der Waals surface area contributed by atoms with E-state index < -0.39 is 15.6 Å². The van der Waals surface area contributed by atoms with Crippen molar-refractivity contribution in [3.8, 4) is 0 Å². The molecule has 3 aliphatic heterocycles. The molecule has 108 valence electrons. The van der Waals surface area contributed by atoms with Crippen LogP contribution in [0.15, 0.2) is 24.3 Å². The van der Waals surface area contributed by atoms with Crippen LogP contribution < -0.4 is 0 Å². The zero-order valence-electron chi connectivity index (χ0n) is 11.6. The summed E-state index contributed by atoms with van der Waals surface area (Å²) >= 11 is 0. The van der Waals surface area contributed by atoms with Crippen molar-refractivity contribution >= 4 is 10.0 Å². The third-order valence-corrected chi connectivity index (χ3v) is 7.28. The van der Waals surface area contributed by atoms with Crippen molar-refractivity contribution in [3.63, 3.8) is 0 Å². The van der Waals surface area contributed by atoms with Gasteiger partial charge in [0.1, 0.15) is 10.9 Å². The number of rotatable bonds is 2. The minimum atomic E-state index is -3.21. The van der Waals surface area contributed by atoms with Gasteiger partial charge in [-0.05, 0) is 31.7 Å². The Bertz CT molecular complexity index is 657. The molecule has 3 fully saturated rings. The average Bonchev–Trinajstić information content (AvgIpc) is 3.00. The number of aryl methyl sites for hydroxylation is 1. The Morgan fingerprint density at radius 1 is 1.45 bits per heavy atom. The van der Waals surface area contributed by atoms with Crippen LogP contribution in [0.4, 0.5) is 0 Å². The Balaban J connectivity index is 1.64. The molecular formula is C15H19NO3S. The van der Waals surface area contributed by atoms with Crippen molar-refractivity contribution in [1.29, 1.82) is 0 Å². The van der Waals surface area contributed by atoms with E-state index in [0.717, 1.165) is 24.0 Å². The summed E-state index contributed by atoms with van der Waals surface area (Å²) in [6.45, 7) is 3.03. The van der Waals surface area contributed by atoms with Crippen LogP contribution in [-0.2, 0) is 21.3 Å². The Labute approximate surface area is 119 Å². The molecule has 3 aliphatic rings. The number of ether oxygens (including phenoxy) is 1. The smallest absolute Gasteiger partial charge is 0.220 e. The molecule has 5 heteroatoms. The van der Waals surface area contributed by atoms with E-state index in [1.807, 2.05) is 25.1 Å². The molecule has 1 aromatic carbocycles. The summed E-state index contributed by atoms with van der Waals surface area (Å²) in [7, 11) is -3.21. The van der Waals surface area contributed by atoms with Crippen LogP contribution in [-0.4, -0.2) is 36.2 Å². The van der Waals surface area contributed by atoms with Crippen molar-refractivity contribution < 1.29 is 13.2 Å². The second kappa shape index (κ2) is 4.06. The van der Waals surface area contributed by atoms with E-state index in [4.69, 9.17) is 4.74 Å². The summed E-state index contributed by atoms with van der Waals surface area (Å²) in [4.78, 5) is 0. The van der Waals surface area contributed by atoms with Gasteiger partial charge in [0.2, 0.25) is 10.0 Å². The molecule has 0 saturated carbocycles. The van der Waals surface area contributed by atoms with Gasteiger partial charge in [-0.15, -0.1) is 0 Å². The van der Waals surface area contributed by atoms with E-state index in [1.54, 1.807) is 4.31 Å². The van der Waals surface area contributed by atoms with Gasteiger partial charge < -0.3 is 4.74 Å². The first-order valence-corrected chi connectivity index (χ1v) is 8.72. The maximum atomic E-state index is 12.7. The van der Waals surface area contributed by atoms with E-state index in [9.17, 15) is 8.42 Å². The molecule has 0 amide bonds. The normalized spacial score (nSPS) is 38.2. The van der Waals surface area contributed by atoms with Crippen LogP contribution in [0.1, 0.15) is 30.4 Å². The van der Waals surface area contributed by atoms with Crippen LogP contribution in [0.3, 0.4) is 0 Å². The summed E-state index contributed by atoms with van der Waals surface area (Å²) in [5.41, 5.74) is 1.81. The standard InChI is InChI=1S/C15H19NO3S/c1-11-3-2-4-12(7-11)9-16-10-15-6-5-13(19-15)8-14(15)20(16,17)18/h2-4,7,13-14H,5-6,8-10H2,1H3/t13?,14?,15-/m1/s1. The summed E-state index contributed by atoms with van der Waals surface area (Å²) in [6, 6.07) is 8.06. The van der Waals surface area contributed by atoms with E-state index in [2.05, 4.69) is 6.07 Å². The number of fused-ring (bicyclic) bond motifs is 1. The van der Waals surface area contributed by atoms with Gasteiger partial charge in [0.15, 0.2) is 0 Å². The zero-order valence-corrected chi connectivity index (χ0v) is 12.4. The number of nitrogens with zero attached hydrogens (tertiary/aromatic N) is 1. The van der Waals surface area contributed by atoms with E-state index >= 15 is 0 Å². The molecule has 1 spiro atoms. The molecule has 0 aromatic heterocycles. The van der Waals surface area contributed by atoms with Crippen LogP contribution in [0, 0.1) is 6.92 Å². The number of hydrogen-bond donors (Lipinski definition) is 0. The quantitative estimate of drug-likeness (QED) is 0.836. The lowest BCUT2D eigenvalue weighted by atomic mass is 9.88. The van der Waals surface area contributed by atoms with Gasteiger partial charge in [0, 0.05) is 13.1 Å². The van der Waals surface area contributed by atoms with Gasteiger partial charge in [0.05, 0.1) is 6.10 Å². The summed E-state index contributed by atoms with van der Waals surface area (Å²) < 4.78 is 33.0. The number of sulfonamides is 1. The molecule has 3 saturated heterocycles. The first kappa shape index (κ1) is 12.8. The Hall–Kier alpha value is -0.910. The largest absolute Gasteiger partial charge is 0.369 e. The number of hydrogen-bond acceptors (Lipinski definition) is 3. The second-order valence-electron chi connectivity index (χ2n) is 6.37. The number of benzene rings is 1. The van der Waals surface area contributed by atoms with E-state index in [0.29, 0.717) is 19.5 Å². The summed E-state index contributed by atoms with van der Waals surface area (Å²) in [5.74, 6) is 0. The van der Waals surface area contributed by atoms with Gasteiger partial charge in [-0.3, -0.25) is 0 Å². The van der Waals surface area contributed by atoms with Crippen LogP contribution in [0.25, 0.3) is 0 Å². The Morgan fingerprint density at radius 2 is 2.30 bits per heavy atom. The lowest BCUT2D eigenvalue weighted by Gasteiger charge is -2.21. The van der Waals surface area contributed by atoms with E-state index in [1.165, 1.54) is 0 Å². The van der Waals surface area contributed by atoms with Crippen LogP contribution in [0.5, 0.6) is 0 Å². The lowest BCUT2D eigenvalue weighted by molar-refractivity contribution is 0.0119. The van der Waals surface area contributed by atoms with Crippen molar-refractivity contribution in [2.75, 3.05) is 6.54 Å². The Morgan fingerprint density at radius 3 is 3.00 bits per heavy atom. The minimum absolute atomic E-state index is 0.177. The topological polar surface area (TPSA) is 46.6 Å². The molecule has 0 N–H and O–H groups in total. The summed E-state index contributed by atoms with van der Waals surface area (Å²) in [5, 5.41) is -0.307. The Kier molecular flexibility index (Phi) is 2.60. The first-order chi connectivity index (χ1) is 9.49. The van der Waals surface area contributed by atoms with Crippen molar-refractivity contribution in [2.24, 2.45) is 0 Å². The molecule has 3 atom stereocenters. The molecule has 2 bridgehead atoms. The monoisotopic (exact) mass is 293 g/mol. The average molecular weight is 293 g/mol. The first-order valence-electron chi connectivity index (χ1n) is 7.22. The molecule has 2 unspecified atom stereocenters. The molecule has 4 rings (SSSR count). The fraction of sp³-hybridized carbons (Fsp3) is 0.600. The van der Waals surface area contributed by atoms with E-state index in [-0.39, 0.29) is 11.4 Å². The molecule has 1 aromatic rings. The SMILES string of the molecule is Cc1cccc(CN2C[C@]34CCC(CC3S2(=O)=O)O4)c1. The third-order valence-electron chi connectivity index (χ3n) is 4.96. The van der Waals surface area contributed by atoms with Crippen molar-refractivity contribution in [3.05, 3.63) is 35.4 Å². The molecule has 0 aliphatic carbocycles. The molecule has 20 heavy (non-hydrogen) atoms. The van der Waals surface area contributed by atoms with Crippen LogP contribution >= 0.6 is 0 Å². The van der Waals surface area contributed by atoms with Crippen molar-refractivity contribution in [2.45, 2.75) is 49.7 Å². The second-order valence-corrected chi connectivity index (χ2v) is 8.49. The highest BCUT2D eigenvalue weighted by molar-refractivity contribution is 7.90. The highest BCUT2D eigenvalue weighted by Crippen LogP contribution is 2.52. The van der Waals surface area contributed by atoms with Gasteiger partial charge in [-0.2, -0.15) is 4.31 Å². The predicted octanol–water partition coefficient (Wildman–Crippen LogP) is 1.83. The van der Waals surface area contributed by atoms with Gasteiger partial charge in [-0.25, -0.2) is 8.42 Å². The summed E-state index contributed by atoms with van der Waals surface area (Å²) in [6.07, 6.45) is 2.78. The molecule has 3 heterocycles. The van der Waals surface area contributed by atoms with Gasteiger partial charge in [-0.1, -0.05) is 29.8 Å². The minimum Gasteiger partial charge on any atom is -0.369 e. The van der Waals surface area contributed by atoms with Gasteiger partial charge in [0.25, 0.3) is 0 Å². The molecular weight excluding hydrogens is 274 g/mol. The van der Waals surface area contributed by atoms with Crippen molar-refractivity contribution in [1.82, 2.24) is 4.31 Å². The fourth-order valence-corrected chi connectivity index (χ4v) is 6.39. The maximum Gasteiger partial charge on any atom is 0.220 e. The molecule has 4 nitrogen and oxygen atoms in total.